The molecule has 21 heavy (non-hydrogen) atoms. The van der Waals surface area contributed by atoms with Gasteiger partial charge >= 0.3 is 0 Å². The predicted octanol–water partition coefficient (Wildman–Crippen LogP) is 3.71. The van der Waals surface area contributed by atoms with Crippen LogP contribution in [-0.2, 0) is 11.3 Å². The molecule has 1 aliphatic carbocycles. The summed E-state index contributed by atoms with van der Waals surface area (Å²) in [5.41, 5.74) is 2.63. The molecule has 1 unspecified atom stereocenters. The minimum absolute atomic E-state index is 0.403. The van der Waals surface area contributed by atoms with Gasteiger partial charge in [-0.15, -0.1) is 0 Å². The van der Waals surface area contributed by atoms with Crippen LogP contribution in [0.5, 0.6) is 0 Å². The zero-order valence-electron chi connectivity index (χ0n) is 12.8. The number of rotatable bonds is 7. The number of ether oxygens (including phenoxy) is 1. The number of nitrogens with zero attached hydrogens (tertiary/aromatic N) is 1. The minimum atomic E-state index is 0.403. The van der Waals surface area contributed by atoms with Crippen LogP contribution >= 0.6 is 15.9 Å². The number of nitrogens with one attached hydrogen (secondary N) is 1. The maximum absolute atomic E-state index is 5.77. The maximum Gasteiger partial charge on any atom is 0.0750 e. The molecular weight excluding hydrogens is 328 g/mol. The molecule has 116 valence electrons. The Labute approximate surface area is 136 Å². The van der Waals surface area contributed by atoms with Gasteiger partial charge in [-0.1, -0.05) is 22.0 Å². The van der Waals surface area contributed by atoms with Crippen molar-refractivity contribution in [2.24, 2.45) is 0 Å². The van der Waals surface area contributed by atoms with Crippen LogP contribution in [0, 0.1) is 0 Å². The Kier molecular flexibility index (Phi) is 5.19. The molecule has 3 rings (SSSR count). The van der Waals surface area contributed by atoms with Gasteiger partial charge in [0.25, 0.3) is 0 Å². The van der Waals surface area contributed by atoms with Crippen LogP contribution in [0.15, 0.2) is 22.7 Å². The number of hydrogen-bond acceptors (Lipinski definition) is 3. The Morgan fingerprint density at radius 3 is 2.81 bits per heavy atom. The maximum atomic E-state index is 5.77. The highest BCUT2D eigenvalue weighted by Gasteiger charge is 2.21. The van der Waals surface area contributed by atoms with E-state index in [1.807, 2.05) is 0 Å². The summed E-state index contributed by atoms with van der Waals surface area (Å²) in [6.45, 7) is 6.13. The summed E-state index contributed by atoms with van der Waals surface area (Å²) >= 11 is 3.73. The fourth-order valence-corrected chi connectivity index (χ4v) is 3.38. The van der Waals surface area contributed by atoms with Gasteiger partial charge in [0.15, 0.2) is 0 Å². The first-order valence-electron chi connectivity index (χ1n) is 8.14. The van der Waals surface area contributed by atoms with E-state index in [0.717, 1.165) is 32.3 Å². The molecule has 1 heterocycles. The number of benzene rings is 1. The molecule has 0 amide bonds. The van der Waals surface area contributed by atoms with Crippen molar-refractivity contribution >= 4 is 21.6 Å². The van der Waals surface area contributed by atoms with E-state index in [1.54, 1.807) is 0 Å². The van der Waals surface area contributed by atoms with Crippen LogP contribution in [0.3, 0.4) is 0 Å². The fourth-order valence-electron chi connectivity index (χ4n) is 2.87. The standard InChI is InChI=1S/C17H25BrN2O/c1-2-20(12-16-4-3-9-21-16)15-8-5-13(17(18)10-15)11-19-14-6-7-14/h5,8,10,14,16,19H,2-4,6-7,9,11-12H2,1H3. The molecule has 0 bridgehead atoms. The summed E-state index contributed by atoms with van der Waals surface area (Å²) in [4.78, 5) is 2.42. The Morgan fingerprint density at radius 1 is 1.33 bits per heavy atom. The van der Waals surface area contributed by atoms with E-state index in [2.05, 4.69) is 51.3 Å². The van der Waals surface area contributed by atoms with Crippen LogP contribution in [0.1, 0.15) is 38.2 Å². The summed E-state index contributed by atoms with van der Waals surface area (Å²) in [5, 5.41) is 3.57. The molecule has 1 saturated heterocycles. The SMILES string of the molecule is CCN(CC1CCCO1)c1ccc(CNC2CC2)c(Br)c1. The van der Waals surface area contributed by atoms with Crippen molar-refractivity contribution < 1.29 is 4.74 Å². The van der Waals surface area contributed by atoms with Crippen molar-refractivity contribution in [1.82, 2.24) is 5.32 Å². The van der Waals surface area contributed by atoms with Gasteiger partial charge in [-0.25, -0.2) is 0 Å². The van der Waals surface area contributed by atoms with Crippen molar-refractivity contribution in [2.75, 3.05) is 24.6 Å². The van der Waals surface area contributed by atoms with Gasteiger partial charge < -0.3 is 15.0 Å². The van der Waals surface area contributed by atoms with E-state index < -0.39 is 0 Å². The van der Waals surface area contributed by atoms with Crippen LogP contribution in [-0.4, -0.2) is 31.8 Å². The third-order valence-electron chi connectivity index (χ3n) is 4.39. The average Bonchev–Trinajstić information content (AvgIpc) is 3.18. The monoisotopic (exact) mass is 352 g/mol. The molecule has 2 aliphatic rings. The van der Waals surface area contributed by atoms with E-state index in [4.69, 9.17) is 4.74 Å². The quantitative estimate of drug-likeness (QED) is 0.809. The topological polar surface area (TPSA) is 24.5 Å². The number of likely N-dealkylation sites (N-methyl/N-ethyl adjacent to an activating group) is 1. The highest BCUT2D eigenvalue weighted by molar-refractivity contribution is 9.10. The molecular formula is C17H25BrN2O. The smallest absolute Gasteiger partial charge is 0.0750 e. The Bertz CT molecular complexity index is 470. The van der Waals surface area contributed by atoms with Gasteiger partial charge in [-0.05, 0) is 50.3 Å². The Hall–Kier alpha value is -0.580. The van der Waals surface area contributed by atoms with E-state index in [-0.39, 0.29) is 0 Å². The third kappa shape index (κ3) is 4.21. The molecule has 4 heteroatoms. The number of hydrogen-bond donors (Lipinski definition) is 1. The molecule has 1 aliphatic heterocycles. The zero-order chi connectivity index (χ0) is 14.7. The highest BCUT2D eigenvalue weighted by Crippen LogP contribution is 2.27. The lowest BCUT2D eigenvalue weighted by Gasteiger charge is -2.26. The van der Waals surface area contributed by atoms with Crippen molar-refractivity contribution in [1.29, 1.82) is 0 Å². The molecule has 0 spiro atoms. The summed E-state index contributed by atoms with van der Waals surface area (Å²) in [5.74, 6) is 0. The molecule has 0 aromatic heterocycles. The molecule has 1 aromatic rings. The largest absolute Gasteiger partial charge is 0.376 e. The molecule has 1 N–H and O–H groups in total. The van der Waals surface area contributed by atoms with Crippen molar-refractivity contribution in [3.05, 3.63) is 28.2 Å². The van der Waals surface area contributed by atoms with Gasteiger partial charge in [0.1, 0.15) is 0 Å². The summed E-state index contributed by atoms with van der Waals surface area (Å²) in [6.07, 6.45) is 5.47. The van der Waals surface area contributed by atoms with Gasteiger partial charge in [0, 0.05) is 42.4 Å². The second-order valence-electron chi connectivity index (χ2n) is 6.10. The molecule has 1 saturated carbocycles. The van der Waals surface area contributed by atoms with Crippen molar-refractivity contribution in [2.45, 2.75) is 51.3 Å². The van der Waals surface area contributed by atoms with Crippen LogP contribution in [0.4, 0.5) is 5.69 Å². The second-order valence-corrected chi connectivity index (χ2v) is 6.96. The number of halogens is 1. The van der Waals surface area contributed by atoms with E-state index in [1.165, 1.54) is 41.4 Å². The normalized spacial score (nSPS) is 21.7. The first kappa shape index (κ1) is 15.3. The van der Waals surface area contributed by atoms with E-state index >= 15 is 0 Å². The lowest BCUT2D eigenvalue weighted by Crippen LogP contribution is -2.32. The summed E-state index contributed by atoms with van der Waals surface area (Å²) in [7, 11) is 0. The first-order chi connectivity index (χ1) is 10.3. The lowest BCUT2D eigenvalue weighted by atomic mass is 10.1. The summed E-state index contributed by atoms with van der Waals surface area (Å²) < 4.78 is 6.98. The minimum Gasteiger partial charge on any atom is -0.376 e. The molecule has 0 radical (unpaired) electrons. The van der Waals surface area contributed by atoms with Gasteiger partial charge in [0.2, 0.25) is 0 Å². The second kappa shape index (κ2) is 7.12. The highest BCUT2D eigenvalue weighted by atomic mass is 79.9. The Morgan fingerprint density at radius 2 is 2.19 bits per heavy atom. The summed E-state index contributed by atoms with van der Waals surface area (Å²) in [6, 6.07) is 7.49. The average molecular weight is 353 g/mol. The van der Waals surface area contributed by atoms with Gasteiger partial charge in [-0.2, -0.15) is 0 Å². The third-order valence-corrected chi connectivity index (χ3v) is 5.13. The molecule has 1 atom stereocenters. The van der Waals surface area contributed by atoms with Crippen molar-refractivity contribution in [3.8, 4) is 0 Å². The first-order valence-corrected chi connectivity index (χ1v) is 8.94. The van der Waals surface area contributed by atoms with Crippen LogP contribution in [0.2, 0.25) is 0 Å². The van der Waals surface area contributed by atoms with Crippen molar-refractivity contribution in [3.63, 3.8) is 0 Å². The molecule has 3 nitrogen and oxygen atoms in total. The predicted molar refractivity (Wildman–Crippen MR) is 90.9 cm³/mol. The van der Waals surface area contributed by atoms with Gasteiger partial charge in [-0.3, -0.25) is 0 Å². The van der Waals surface area contributed by atoms with E-state index in [0.29, 0.717) is 6.10 Å². The number of anilines is 1. The van der Waals surface area contributed by atoms with Crippen LogP contribution < -0.4 is 10.2 Å². The fraction of sp³-hybridized carbons (Fsp3) is 0.647. The lowest BCUT2D eigenvalue weighted by molar-refractivity contribution is 0.115. The van der Waals surface area contributed by atoms with Crippen LogP contribution in [0.25, 0.3) is 0 Å². The van der Waals surface area contributed by atoms with E-state index in [9.17, 15) is 0 Å². The Balaban J connectivity index is 1.63. The zero-order valence-corrected chi connectivity index (χ0v) is 14.4. The molecule has 1 aromatic carbocycles. The van der Waals surface area contributed by atoms with Gasteiger partial charge in [0.05, 0.1) is 6.10 Å². The molecule has 2 fully saturated rings.